The molecular weight excluding hydrogens is 254 g/mol. The van der Waals surface area contributed by atoms with Gasteiger partial charge in [-0.25, -0.2) is 0 Å². The zero-order valence-corrected chi connectivity index (χ0v) is 12.8. The summed E-state index contributed by atoms with van der Waals surface area (Å²) in [6.45, 7) is 4.82. The van der Waals surface area contributed by atoms with Gasteiger partial charge in [-0.1, -0.05) is 19.3 Å². The first kappa shape index (κ1) is 17.0. The Balaban J connectivity index is 2.27. The second-order valence-electron chi connectivity index (χ2n) is 6.26. The minimum atomic E-state index is -0.0218. The quantitative estimate of drug-likeness (QED) is 0.659. The van der Waals surface area contributed by atoms with Crippen LogP contribution >= 0.6 is 0 Å². The van der Waals surface area contributed by atoms with Crippen molar-refractivity contribution in [3.8, 4) is 0 Å². The average Bonchev–Trinajstić information content (AvgIpc) is 2.38. The minimum Gasteiger partial charge on any atom is -0.356 e. The summed E-state index contributed by atoms with van der Waals surface area (Å²) in [5, 5.41) is 5.64. The van der Waals surface area contributed by atoms with E-state index >= 15 is 0 Å². The second kappa shape index (κ2) is 8.25. The van der Waals surface area contributed by atoms with E-state index in [2.05, 4.69) is 10.6 Å². The summed E-state index contributed by atoms with van der Waals surface area (Å²) in [5.41, 5.74) is 5.86. The molecule has 0 aromatic carbocycles. The third-order valence-corrected chi connectivity index (χ3v) is 4.01. The minimum absolute atomic E-state index is 0.0114. The van der Waals surface area contributed by atoms with E-state index in [1.165, 1.54) is 19.3 Å². The molecule has 0 spiro atoms. The van der Waals surface area contributed by atoms with E-state index in [9.17, 15) is 9.59 Å². The highest BCUT2D eigenvalue weighted by Gasteiger charge is 2.32. The summed E-state index contributed by atoms with van der Waals surface area (Å²) in [6.07, 6.45) is 6.51. The van der Waals surface area contributed by atoms with Crippen LogP contribution in [0.1, 0.15) is 58.8 Å². The van der Waals surface area contributed by atoms with Gasteiger partial charge in [-0.2, -0.15) is 0 Å². The number of nitrogens with two attached hydrogens (primary N) is 1. The molecule has 1 aliphatic rings. The maximum Gasteiger partial charge on any atom is 0.221 e. The molecule has 116 valence electrons. The highest BCUT2D eigenvalue weighted by molar-refractivity contribution is 5.79. The van der Waals surface area contributed by atoms with Gasteiger partial charge in [0.1, 0.15) is 0 Å². The lowest BCUT2D eigenvalue weighted by atomic mass is 9.71. The van der Waals surface area contributed by atoms with E-state index in [0.29, 0.717) is 25.9 Å². The van der Waals surface area contributed by atoms with Crippen LogP contribution in [0, 0.1) is 5.41 Å². The predicted molar refractivity (Wildman–Crippen MR) is 80.1 cm³/mol. The Kier molecular flexibility index (Phi) is 6.99. The summed E-state index contributed by atoms with van der Waals surface area (Å²) >= 11 is 0. The van der Waals surface area contributed by atoms with Crippen molar-refractivity contribution < 1.29 is 9.59 Å². The molecule has 5 nitrogen and oxygen atoms in total. The molecule has 1 fully saturated rings. The van der Waals surface area contributed by atoms with Crippen LogP contribution in [0.15, 0.2) is 0 Å². The topological polar surface area (TPSA) is 84.2 Å². The number of hydrogen-bond donors (Lipinski definition) is 3. The summed E-state index contributed by atoms with van der Waals surface area (Å²) in [4.78, 5) is 23.4. The largest absolute Gasteiger partial charge is 0.356 e. The third kappa shape index (κ3) is 5.90. The zero-order chi connectivity index (χ0) is 15.0. The van der Waals surface area contributed by atoms with Crippen molar-refractivity contribution in [2.75, 3.05) is 13.1 Å². The molecule has 0 heterocycles. The molecule has 4 N–H and O–H groups in total. The Morgan fingerprint density at radius 3 is 2.35 bits per heavy atom. The first-order valence-corrected chi connectivity index (χ1v) is 7.73. The van der Waals surface area contributed by atoms with Crippen molar-refractivity contribution in [2.45, 2.75) is 64.8 Å². The summed E-state index contributed by atoms with van der Waals surface area (Å²) in [7, 11) is 0. The lowest BCUT2D eigenvalue weighted by Gasteiger charge is -2.35. The molecule has 0 saturated heterocycles. The van der Waals surface area contributed by atoms with Crippen LogP contribution in [0.25, 0.3) is 0 Å². The second-order valence-corrected chi connectivity index (χ2v) is 6.26. The molecule has 20 heavy (non-hydrogen) atoms. The number of hydrogen-bond acceptors (Lipinski definition) is 3. The first-order valence-electron chi connectivity index (χ1n) is 7.73. The van der Waals surface area contributed by atoms with Crippen molar-refractivity contribution >= 4 is 11.8 Å². The number of nitrogens with one attached hydrogen (secondary N) is 2. The summed E-state index contributed by atoms with van der Waals surface area (Å²) < 4.78 is 0. The molecule has 1 rings (SSSR count). The number of carbonyl (C=O) groups excluding carboxylic acids is 2. The third-order valence-electron chi connectivity index (χ3n) is 4.01. The lowest BCUT2D eigenvalue weighted by molar-refractivity contribution is -0.124. The normalized spacial score (nSPS) is 17.8. The fourth-order valence-electron chi connectivity index (χ4n) is 2.87. The maximum atomic E-state index is 12.0. The Morgan fingerprint density at radius 2 is 1.80 bits per heavy atom. The van der Waals surface area contributed by atoms with E-state index < -0.39 is 0 Å². The van der Waals surface area contributed by atoms with Crippen LogP contribution in [0.4, 0.5) is 0 Å². The van der Waals surface area contributed by atoms with E-state index in [1.807, 2.05) is 13.8 Å². The van der Waals surface area contributed by atoms with Crippen LogP contribution in [0.3, 0.4) is 0 Å². The van der Waals surface area contributed by atoms with Gasteiger partial charge in [-0.3, -0.25) is 9.59 Å². The Labute approximate surface area is 122 Å². The van der Waals surface area contributed by atoms with Gasteiger partial charge in [0.25, 0.3) is 0 Å². The van der Waals surface area contributed by atoms with Gasteiger partial charge in [0, 0.05) is 25.4 Å². The molecule has 1 aliphatic carbocycles. The fourth-order valence-corrected chi connectivity index (χ4v) is 2.87. The van der Waals surface area contributed by atoms with Crippen LogP contribution in [-0.2, 0) is 9.59 Å². The van der Waals surface area contributed by atoms with Crippen LogP contribution in [-0.4, -0.2) is 30.9 Å². The Hall–Kier alpha value is -1.10. The molecule has 1 saturated carbocycles. The standard InChI is InChI=1S/C15H29N3O2/c1-12(2)18-13(19)6-9-17-14(20)10-15(11-16)7-4-3-5-8-15/h12H,3-11,16H2,1-2H3,(H,17,20)(H,18,19). The van der Waals surface area contributed by atoms with Gasteiger partial charge in [0.2, 0.25) is 11.8 Å². The zero-order valence-electron chi connectivity index (χ0n) is 12.8. The fraction of sp³-hybridized carbons (Fsp3) is 0.867. The van der Waals surface area contributed by atoms with Crippen molar-refractivity contribution in [1.29, 1.82) is 0 Å². The lowest BCUT2D eigenvalue weighted by Crippen LogP contribution is -2.39. The molecule has 5 heteroatoms. The van der Waals surface area contributed by atoms with Gasteiger partial charge in [-0.15, -0.1) is 0 Å². The summed E-state index contributed by atoms with van der Waals surface area (Å²) in [5.74, 6) is 0.00111. The van der Waals surface area contributed by atoms with Crippen LogP contribution in [0.5, 0.6) is 0 Å². The predicted octanol–water partition coefficient (Wildman–Crippen LogP) is 1.32. The van der Waals surface area contributed by atoms with E-state index in [4.69, 9.17) is 5.73 Å². The van der Waals surface area contributed by atoms with Gasteiger partial charge in [0.15, 0.2) is 0 Å². The Bertz CT molecular complexity index is 323. The molecule has 0 atom stereocenters. The molecule has 0 unspecified atom stereocenters. The number of carbonyl (C=O) groups is 2. The van der Waals surface area contributed by atoms with Crippen molar-refractivity contribution in [1.82, 2.24) is 10.6 Å². The van der Waals surface area contributed by atoms with E-state index in [1.54, 1.807) is 0 Å². The molecule has 0 aliphatic heterocycles. The average molecular weight is 283 g/mol. The highest BCUT2D eigenvalue weighted by atomic mass is 16.2. The molecule has 0 aromatic rings. The highest BCUT2D eigenvalue weighted by Crippen LogP contribution is 2.38. The van der Waals surface area contributed by atoms with Gasteiger partial charge < -0.3 is 16.4 Å². The summed E-state index contributed by atoms with van der Waals surface area (Å²) in [6, 6.07) is 0.140. The van der Waals surface area contributed by atoms with Gasteiger partial charge in [-0.05, 0) is 38.6 Å². The van der Waals surface area contributed by atoms with Crippen LogP contribution < -0.4 is 16.4 Å². The number of rotatable bonds is 7. The molecule has 2 amide bonds. The monoisotopic (exact) mass is 283 g/mol. The molecule has 0 aromatic heterocycles. The Morgan fingerprint density at radius 1 is 1.15 bits per heavy atom. The smallest absolute Gasteiger partial charge is 0.221 e. The van der Waals surface area contributed by atoms with E-state index in [-0.39, 0.29) is 23.3 Å². The molecule has 0 radical (unpaired) electrons. The van der Waals surface area contributed by atoms with Crippen molar-refractivity contribution in [3.05, 3.63) is 0 Å². The van der Waals surface area contributed by atoms with Crippen molar-refractivity contribution in [3.63, 3.8) is 0 Å². The molecule has 0 bridgehead atoms. The van der Waals surface area contributed by atoms with Crippen LogP contribution in [0.2, 0.25) is 0 Å². The van der Waals surface area contributed by atoms with Crippen molar-refractivity contribution in [2.24, 2.45) is 11.1 Å². The SMILES string of the molecule is CC(C)NC(=O)CCNC(=O)CC1(CN)CCCCC1. The first-order chi connectivity index (χ1) is 9.47. The molecular formula is C15H29N3O2. The van der Waals surface area contributed by atoms with Gasteiger partial charge in [0.05, 0.1) is 0 Å². The number of amides is 2. The van der Waals surface area contributed by atoms with E-state index in [0.717, 1.165) is 12.8 Å². The van der Waals surface area contributed by atoms with Gasteiger partial charge >= 0.3 is 0 Å². The maximum absolute atomic E-state index is 12.0.